The van der Waals surface area contributed by atoms with Crippen LogP contribution in [0.4, 0.5) is 0 Å². The number of hydrogen-bond donors (Lipinski definition) is 0. The number of rotatable bonds is 3. The van der Waals surface area contributed by atoms with Gasteiger partial charge >= 0.3 is 0 Å². The summed E-state index contributed by atoms with van der Waals surface area (Å²) < 4.78 is 6.66. The van der Waals surface area contributed by atoms with Crippen molar-refractivity contribution in [2.75, 3.05) is 0 Å². The van der Waals surface area contributed by atoms with Gasteiger partial charge in [0.2, 0.25) is 5.88 Å². The van der Waals surface area contributed by atoms with Crippen LogP contribution in [-0.4, -0.2) is 10.8 Å². The van der Waals surface area contributed by atoms with Crippen molar-refractivity contribution in [3.05, 3.63) is 51.7 Å². The maximum absolute atomic E-state index is 11.1. The zero-order valence-electron chi connectivity index (χ0n) is 9.18. The molecule has 0 aliphatic rings. The van der Waals surface area contributed by atoms with Gasteiger partial charge in [-0.1, -0.05) is 6.07 Å². The largest absolute Gasteiger partial charge is 0.439 e. The second kappa shape index (κ2) is 5.27. The Morgan fingerprint density at radius 2 is 2.12 bits per heavy atom. The smallest absolute Gasteiger partial charge is 0.219 e. The van der Waals surface area contributed by atoms with E-state index < -0.39 is 0 Å². The molecule has 1 aromatic carbocycles. The van der Waals surface area contributed by atoms with E-state index in [0.29, 0.717) is 11.4 Å². The predicted octanol–water partition coefficient (Wildman–Crippen LogP) is 3.68. The summed E-state index contributed by atoms with van der Waals surface area (Å²) in [7, 11) is 0. The van der Waals surface area contributed by atoms with Gasteiger partial charge in [-0.2, -0.15) is 0 Å². The van der Waals surface area contributed by atoms with E-state index in [1.165, 1.54) is 13.1 Å². The first kappa shape index (κ1) is 12.0. The predicted molar refractivity (Wildman–Crippen MR) is 73.5 cm³/mol. The fourth-order valence-corrected chi connectivity index (χ4v) is 1.81. The van der Waals surface area contributed by atoms with Crippen LogP contribution in [0.25, 0.3) is 0 Å². The number of hydrogen-bond acceptors (Lipinski definition) is 3. The number of ketones is 1. The highest BCUT2D eigenvalue weighted by Gasteiger charge is 2.02. The highest BCUT2D eigenvalue weighted by atomic mass is 127. The molecule has 0 bridgehead atoms. The number of benzene rings is 1. The molecule has 0 atom stereocenters. The number of pyridine rings is 1. The monoisotopic (exact) mass is 339 g/mol. The standard InChI is InChI=1S/C13H10INO2/c1-9(16)10-5-6-13(15-8-10)17-12-4-2-3-11(14)7-12/h2-8H,1H3. The molecule has 2 rings (SSSR count). The van der Waals surface area contributed by atoms with Crippen molar-refractivity contribution in [1.29, 1.82) is 0 Å². The molecule has 0 saturated heterocycles. The molecule has 4 heteroatoms. The summed E-state index contributed by atoms with van der Waals surface area (Å²) in [5.41, 5.74) is 0.583. The molecular weight excluding hydrogens is 329 g/mol. The lowest BCUT2D eigenvalue weighted by Gasteiger charge is -2.05. The van der Waals surface area contributed by atoms with Gasteiger partial charge in [-0.15, -0.1) is 0 Å². The zero-order chi connectivity index (χ0) is 12.3. The van der Waals surface area contributed by atoms with Crippen LogP contribution in [0, 0.1) is 3.57 Å². The Hall–Kier alpha value is -1.43. The van der Waals surface area contributed by atoms with E-state index in [9.17, 15) is 4.79 Å². The van der Waals surface area contributed by atoms with E-state index in [0.717, 1.165) is 9.32 Å². The third-order valence-electron chi connectivity index (χ3n) is 2.16. The Bertz CT molecular complexity index is 537. The van der Waals surface area contributed by atoms with Crippen molar-refractivity contribution in [2.45, 2.75) is 6.92 Å². The number of carbonyl (C=O) groups excluding carboxylic acids is 1. The van der Waals surface area contributed by atoms with E-state index in [4.69, 9.17) is 4.74 Å². The highest BCUT2D eigenvalue weighted by molar-refractivity contribution is 14.1. The number of halogens is 1. The van der Waals surface area contributed by atoms with Gasteiger partial charge in [0, 0.05) is 21.4 Å². The SMILES string of the molecule is CC(=O)c1ccc(Oc2cccc(I)c2)nc1. The summed E-state index contributed by atoms with van der Waals surface area (Å²) >= 11 is 2.22. The van der Waals surface area contributed by atoms with Crippen molar-refractivity contribution in [3.63, 3.8) is 0 Å². The van der Waals surface area contributed by atoms with E-state index in [1.807, 2.05) is 24.3 Å². The first-order valence-corrected chi connectivity index (χ1v) is 6.13. The number of carbonyl (C=O) groups is 1. The molecule has 0 unspecified atom stereocenters. The van der Waals surface area contributed by atoms with Crippen LogP contribution in [0.1, 0.15) is 17.3 Å². The minimum atomic E-state index is -0.00157. The minimum Gasteiger partial charge on any atom is -0.439 e. The summed E-state index contributed by atoms with van der Waals surface area (Å²) in [4.78, 5) is 15.2. The molecule has 0 amide bonds. The van der Waals surface area contributed by atoms with Crippen molar-refractivity contribution in [1.82, 2.24) is 4.98 Å². The Labute approximate surface area is 113 Å². The van der Waals surface area contributed by atoms with Crippen molar-refractivity contribution in [2.24, 2.45) is 0 Å². The lowest BCUT2D eigenvalue weighted by Crippen LogP contribution is -1.94. The van der Waals surface area contributed by atoms with Gasteiger partial charge in [-0.3, -0.25) is 4.79 Å². The quantitative estimate of drug-likeness (QED) is 0.633. The first-order valence-electron chi connectivity index (χ1n) is 5.05. The Kier molecular flexibility index (Phi) is 3.73. The van der Waals surface area contributed by atoms with Crippen molar-refractivity contribution in [3.8, 4) is 11.6 Å². The summed E-state index contributed by atoms with van der Waals surface area (Å²) in [6, 6.07) is 11.1. The fraction of sp³-hybridized carbons (Fsp3) is 0.0769. The van der Waals surface area contributed by atoms with Crippen LogP contribution in [0.3, 0.4) is 0 Å². The molecule has 3 nitrogen and oxygen atoms in total. The molecule has 0 fully saturated rings. The Morgan fingerprint density at radius 1 is 1.29 bits per heavy atom. The number of ether oxygens (including phenoxy) is 1. The lowest BCUT2D eigenvalue weighted by molar-refractivity contribution is 0.101. The van der Waals surface area contributed by atoms with Crippen molar-refractivity contribution >= 4 is 28.4 Å². The molecule has 17 heavy (non-hydrogen) atoms. The van der Waals surface area contributed by atoms with Crippen LogP contribution in [-0.2, 0) is 0 Å². The molecule has 0 aliphatic carbocycles. The third kappa shape index (κ3) is 3.26. The normalized spacial score (nSPS) is 10.0. The molecule has 0 aliphatic heterocycles. The van der Waals surface area contributed by atoms with Gasteiger partial charge in [0.05, 0.1) is 0 Å². The lowest BCUT2D eigenvalue weighted by atomic mass is 10.2. The van der Waals surface area contributed by atoms with Crippen LogP contribution in [0.5, 0.6) is 11.6 Å². The summed E-state index contributed by atoms with van der Waals surface area (Å²) in [6.07, 6.45) is 1.52. The molecule has 2 aromatic rings. The second-order valence-corrected chi connectivity index (χ2v) is 4.75. The molecule has 1 aromatic heterocycles. The summed E-state index contributed by atoms with van der Waals surface area (Å²) in [6.45, 7) is 1.51. The van der Waals surface area contributed by atoms with Crippen molar-refractivity contribution < 1.29 is 9.53 Å². The van der Waals surface area contributed by atoms with Crippen LogP contribution in [0.2, 0.25) is 0 Å². The van der Waals surface area contributed by atoms with E-state index in [-0.39, 0.29) is 5.78 Å². The molecule has 86 valence electrons. The van der Waals surface area contributed by atoms with Gasteiger partial charge < -0.3 is 4.74 Å². The van der Waals surface area contributed by atoms with Gasteiger partial charge in [0.1, 0.15) is 5.75 Å². The molecule has 0 radical (unpaired) electrons. The Balaban J connectivity index is 2.16. The molecule has 1 heterocycles. The fourth-order valence-electron chi connectivity index (χ4n) is 1.30. The van der Waals surface area contributed by atoms with Gasteiger partial charge in [0.25, 0.3) is 0 Å². The highest BCUT2D eigenvalue weighted by Crippen LogP contribution is 2.21. The van der Waals surface area contributed by atoms with Crippen LogP contribution in [0.15, 0.2) is 42.6 Å². The molecule has 0 spiro atoms. The average Bonchev–Trinajstić information content (AvgIpc) is 2.29. The van der Waals surface area contributed by atoms with Crippen LogP contribution >= 0.6 is 22.6 Å². The van der Waals surface area contributed by atoms with E-state index in [2.05, 4.69) is 27.6 Å². The molecular formula is C13H10INO2. The number of nitrogens with zero attached hydrogens (tertiary/aromatic N) is 1. The minimum absolute atomic E-state index is 0.00157. The topological polar surface area (TPSA) is 39.2 Å². The third-order valence-corrected chi connectivity index (χ3v) is 2.83. The maximum atomic E-state index is 11.1. The first-order chi connectivity index (χ1) is 8.15. The maximum Gasteiger partial charge on any atom is 0.219 e. The van der Waals surface area contributed by atoms with Crippen LogP contribution < -0.4 is 4.74 Å². The summed E-state index contributed by atoms with van der Waals surface area (Å²) in [5, 5.41) is 0. The van der Waals surface area contributed by atoms with Gasteiger partial charge in [-0.05, 0) is 53.8 Å². The van der Waals surface area contributed by atoms with Gasteiger partial charge in [-0.25, -0.2) is 4.98 Å². The number of aromatic nitrogens is 1. The summed E-state index contributed by atoms with van der Waals surface area (Å²) in [5.74, 6) is 1.22. The van der Waals surface area contributed by atoms with E-state index >= 15 is 0 Å². The molecule has 0 saturated carbocycles. The Morgan fingerprint density at radius 3 is 2.71 bits per heavy atom. The zero-order valence-corrected chi connectivity index (χ0v) is 11.3. The average molecular weight is 339 g/mol. The number of Topliss-reactive ketones (excluding diaryl/α,β-unsaturated/α-hetero) is 1. The second-order valence-electron chi connectivity index (χ2n) is 3.50. The van der Waals surface area contributed by atoms with E-state index in [1.54, 1.807) is 12.1 Å². The van der Waals surface area contributed by atoms with Gasteiger partial charge in [0.15, 0.2) is 5.78 Å². The molecule has 0 N–H and O–H groups in total.